The number of nitrogens with zero attached hydrogens (tertiary/aromatic N) is 3. The molecule has 1 aromatic heterocycles. The van der Waals surface area contributed by atoms with Crippen molar-refractivity contribution in [3.8, 4) is 23.1 Å². The summed E-state index contributed by atoms with van der Waals surface area (Å²) in [5, 5.41) is 9.77. The van der Waals surface area contributed by atoms with Crippen LogP contribution in [0.4, 0.5) is 0 Å². The Morgan fingerprint density at radius 1 is 1.29 bits per heavy atom. The number of ether oxygens (including phenoxy) is 2. The molecular formula is C20H24N4O3S. The first-order valence-electron chi connectivity index (χ1n) is 9.33. The largest absolute Gasteiger partial charge is 0.494 e. The van der Waals surface area contributed by atoms with E-state index >= 15 is 0 Å². The molecule has 0 amide bonds. The number of thioether (sulfide) groups is 1. The van der Waals surface area contributed by atoms with E-state index in [9.17, 15) is 10.1 Å². The summed E-state index contributed by atoms with van der Waals surface area (Å²) in [6.07, 6.45) is 3.91. The number of nitriles is 1. The molecular weight excluding hydrogens is 376 g/mol. The Morgan fingerprint density at radius 2 is 2.04 bits per heavy atom. The highest BCUT2D eigenvalue weighted by Gasteiger charge is 2.13. The van der Waals surface area contributed by atoms with Crippen LogP contribution in [0.1, 0.15) is 18.4 Å². The summed E-state index contributed by atoms with van der Waals surface area (Å²) in [5.74, 6) is 0.767. The third kappa shape index (κ3) is 5.35. The number of benzene rings is 1. The lowest BCUT2D eigenvalue weighted by Gasteiger charge is -2.26. The maximum absolute atomic E-state index is 12.0. The number of H-pyrrole nitrogens is 1. The average molecular weight is 401 g/mol. The summed E-state index contributed by atoms with van der Waals surface area (Å²) >= 11 is 1.33. The third-order valence-electron chi connectivity index (χ3n) is 4.57. The van der Waals surface area contributed by atoms with E-state index in [0.29, 0.717) is 17.5 Å². The van der Waals surface area contributed by atoms with Crippen LogP contribution in [0.3, 0.4) is 0 Å². The average Bonchev–Trinajstić information content (AvgIpc) is 2.74. The second kappa shape index (κ2) is 10.3. The van der Waals surface area contributed by atoms with Gasteiger partial charge in [0.1, 0.15) is 17.4 Å². The fraction of sp³-hybridized carbons (Fsp3) is 0.450. The van der Waals surface area contributed by atoms with Gasteiger partial charge >= 0.3 is 0 Å². The Hall–Kier alpha value is -2.34. The van der Waals surface area contributed by atoms with Crippen LogP contribution in [0.2, 0.25) is 0 Å². The molecule has 1 aliphatic rings. The van der Waals surface area contributed by atoms with Crippen molar-refractivity contribution in [1.82, 2.24) is 14.9 Å². The lowest BCUT2D eigenvalue weighted by molar-refractivity contribution is 0.0368. The zero-order chi connectivity index (χ0) is 19.8. The quantitative estimate of drug-likeness (QED) is 0.414. The number of morpholine rings is 1. The highest BCUT2D eigenvalue weighted by molar-refractivity contribution is 7.98. The van der Waals surface area contributed by atoms with Gasteiger partial charge < -0.3 is 14.5 Å². The molecule has 0 saturated carbocycles. The predicted molar refractivity (Wildman–Crippen MR) is 109 cm³/mol. The number of hydrogen-bond acceptors (Lipinski definition) is 7. The van der Waals surface area contributed by atoms with E-state index in [2.05, 4.69) is 14.9 Å². The van der Waals surface area contributed by atoms with E-state index in [1.165, 1.54) is 11.8 Å². The highest BCUT2D eigenvalue weighted by atomic mass is 32.2. The van der Waals surface area contributed by atoms with E-state index in [1.807, 2.05) is 36.6 Å². The minimum atomic E-state index is -0.419. The summed E-state index contributed by atoms with van der Waals surface area (Å²) in [6.45, 7) is 5.43. The van der Waals surface area contributed by atoms with E-state index in [-0.39, 0.29) is 5.56 Å². The van der Waals surface area contributed by atoms with E-state index in [1.54, 1.807) is 0 Å². The molecule has 1 N–H and O–H groups in total. The zero-order valence-corrected chi connectivity index (χ0v) is 16.8. The van der Waals surface area contributed by atoms with Gasteiger partial charge in [-0.15, -0.1) is 0 Å². The van der Waals surface area contributed by atoms with Gasteiger partial charge in [0.2, 0.25) is 0 Å². The molecule has 0 atom stereocenters. The molecule has 28 heavy (non-hydrogen) atoms. The lowest BCUT2D eigenvalue weighted by Crippen LogP contribution is -2.36. The van der Waals surface area contributed by atoms with Gasteiger partial charge in [0.05, 0.1) is 25.5 Å². The molecule has 148 valence electrons. The third-order valence-corrected chi connectivity index (χ3v) is 5.15. The van der Waals surface area contributed by atoms with Gasteiger partial charge in [-0.2, -0.15) is 5.26 Å². The Bertz CT molecular complexity index is 871. The van der Waals surface area contributed by atoms with Gasteiger partial charge in [-0.3, -0.25) is 9.69 Å². The monoisotopic (exact) mass is 400 g/mol. The summed E-state index contributed by atoms with van der Waals surface area (Å²) in [6, 6.07) is 9.30. The van der Waals surface area contributed by atoms with E-state index < -0.39 is 5.56 Å². The first-order valence-corrected chi connectivity index (χ1v) is 10.6. The molecule has 3 rings (SSSR count). The molecule has 1 aromatic carbocycles. The van der Waals surface area contributed by atoms with Crippen LogP contribution >= 0.6 is 11.8 Å². The van der Waals surface area contributed by atoms with Crippen molar-refractivity contribution < 1.29 is 9.47 Å². The van der Waals surface area contributed by atoms with Gasteiger partial charge in [0.25, 0.3) is 5.56 Å². The second-order valence-corrected chi connectivity index (χ2v) is 7.24. The first-order chi connectivity index (χ1) is 13.7. The molecule has 2 aromatic rings. The van der Waals surface area contributed by atoms with Crippen molar-refractivity contribution in [2.45, 2.75) is 18.0 Å². The van der Waals surface area contributed by atoms with Crippen molar-refractivity contribution in [1.29, 1.82) is 5.26 Å². The Kier molecular flexibility index (Phi) is 7.48. The first kappa shape index (κ1) is 20.4. The number of rotatable bonds is 8. The Labute approximate surface area is 168 Å². The number of unbranched alkanes of at least 4 members (excludes halogenated alkanes) is 1. The summed E-state index contributed by atoms with van der Waals surface area (Å²) < 4.78 is 11.2. The number of hydrogen-bond donors (Lipinski definition) is 1. The topological polar surface area (TPSA) is 91.2 Å². The molecule has 0 radical (unpaired) electrons. The molecule has 1 saturated heterocycles. The van der Waals surface area contributed by atoms with Crippen molar-refractivity contribution in [3.63, 3.8) is 0 Å². The van der Waals surface area contributed by atoms with Crippen LogP contribution in [-0.4, -0.2) is 60.6 Å². The predicted octanol–water partition coefficient (Wildman–Crippen LogP) is 2.52. The molecule has 1 fully saturated rings. The Balaban J connectivity index is 1.54. The molecule has 1 aliphatic heterocycles. The number of nitrogens with one attached hydrogen (secondary N) is 1. The number of aromatic amines is 1. The van der Waals surface area contributed by atoms with Gasteiger partial charge in [-0.1, -0.05) is 11.8 Å². The molecule has 0 aliphatic carbocycles. The van der Waals surface area contributed by atoms with Gasteiger partial charge in [-0.05, 0) is 49.9 Å². The summed E-state index contributed by atoms with van der Waals surface area (Å²) in [7, 11) is 0. The molecule has 0 unspecified atom stereocenters. The van der Waals surface area contributed by atoms with Crippen molar-refractivity contribution >= 4 is 11.8 Å². The molecule has 0 bridgehead atoms. The zero-order valence-electron chi connectivity index (χ0n) is 15.9. The van der Waals surface area contributed by atoms with Gasteiger partial charge in [0.15, 0.2) is 5.16 Å². The fourth-order valence-corrected chi connectivity index (χ4v) is 3.40. The lowest BCUT2D eigenvalue weighted by atomic mass is 10.1. The van der Waals surface area contributed by atoms with Crippen molar-refractivity contribution in [3.05, 3.63) is 40.2 Å². The minimum Gasteiger partial charge on any atom is -0.494 e. The molecule has 0 spiro atoms. The molecule has 8 heteroatoms. The van der Waals surface area contributed by atoms with Crippen LogP contribution in [-0.2, 0) is 4.74 Å². The summed E-state index contributed by atoms with van der Waals surface area (Å²) in [5.41, 5.74) is 0.720. The smallest absolute Gasteiger partial charge is 0.270 e. The Morgan fingerprint density at radius 3 is 2.71 bits per heavy atom. The van der Waals surface area contributed by atoms with E-state index in [4.69, 9.17) is 9.47 Å². The highest BCUT2D eigenvalue weighted by Crippen LogP contribution is 2.23. The maximum Gasteiger partial charge on any atom is 0.270 e. The standard InChI is InChI=1S/C20H24N4O3S/c1-28-20-22-18(17(14-21)19(25)23-20)15-4-6-16(7-5-15)27-11-3-2-8-24-9-12-26-13-10-24/h4-7H,2-3,8-13H2,1H3,(H,22,23,25). The second-order valence-electron chi connectivity index (χ2n) is 6.44. The van der Waals surface area contributed by atoms with Crippen LogP contribution < -0.4 is 10.3 Å². The van der Waals surface area contributed by atoms with Crippen LogP contribution in [0, 0.1) is 11.3 Å². The minimum absolute atomic E-state index is 0.0228. The van der Waals surface area contributed by atoms with Crippen LogP contribution in [0.25, 0.3) is 11.3 Å². The van der Waals surface area contributed by atoms with Crippen LogP contribution in [0.15, 0.2) is 34.2 Å². The van der Waals surface area contributed by atoms with E-state index in [0.717, 1.165) is 57.0 Å². The van der Waals surface area contributed by atoms with Crippen molar-refractivity contribution in [2.75, 3.05) is 45.7 Å². The SMILES string of the molecule is CSc1nc(-c2ccc(OCCCCN3CCOCC3)cc2)c(C#N)c(=O)[nH]1. The maximum atomic E-state index is 12.0. The fourth-order valence-electron chi connectivity index (χ4n) is 3.02. The van der Waals surface area contributed by atoms with Gasteiger partial charge in [0, 0.05) is 18.7 Å². The molecule has 2 heterocycles. The molecule has 7 nitrogen and oxygen atoms in total. The summed E-state index contributed by atoms with van der Waals surface area (Å²) in [4.78, 5) is 21.4. The number of aromatic nitrogens is 2. The van der Waals surface area contributed by atoms with Gasteiger partial charge in [-0.25, -0.2) is 4.98 Å². The van der Waals surface area contributed by atoms with Crippen LogP contribution in [0.5, 0.6) is 5.75 Å². The van der Waals surface area contributed by atoms with Crippen molar-refractivity contribution in [2.24, 2.45) is 0 Å². The normalized spacial score (nSPS) is 14.6.